The first-order chi connectivity index (χ1) is 11.4. The fourth-order valence-electron chi connectivity index (χ4n) is 2.93. The number of rotatable bonds is 5. The topological polar surface area (TPSA) is 69.6 Å². The highest BCUT2D eigenvalue weighted by Crippen LogP contribution is 2.19. The molecule has 2 rings (SSSR count). The molecule has 1 aliphatic rings. The minimum Gasteiger partial charge on any atom is -0.387 e. The van der Waals surface area contributed by atoms with Crippen molar-refractivity contribution >= 4 is 11.8 Å². The van der Waals surface area contributed by atoms with E-state index in [2.05, 4.69) is 5.32 Å². The highest BCUT2D eigenvalue weighted by Gasteiger charge is 2.29. The normalized spacial score (nSPS) is 19.2. The Bertz CT molecular complexity index is 591. The number of aliphatic hydroxyl groups excluding tert-OH is 1. The molecule has 2 amide bonds. The van der Waals surface area contributed by atoms with Crippen LogP contribution in [-0.2, 0) is 9.59 Å². The largest absolute Gasteiger partial charge is 0.387 e. The van der Waals surface area contributed by atoms with Crippen molar-refractivity contribution in [1.82, 2.24) is 10.2 Å². The van der Waals surface area contributed by atoms with E-state index in [0.29, 0.717) is 18.7 Å². The molecule has 1 aliphatic heterocycles. The molecule has 24 heavy (non-hydrogen) atoms. The Morgan fingerprint density at radius 2 is 2.17 bits per heavy atom. The second-order valence-electron chi connectivity index (χ2n) is 6.59. The summed E-state index contributed by atoms with van der Waals surface area (Å²) < 4.78 is 13.2. The van der Waals surface area contributed by atoms with Gasteiger partial charge in [-0.05, 0) is 30.5 Å². The number of aliphatic hydroxyl groups is 1. The zero-order valence-corrected chi connectivity index (χ0v) is 14.2. The predicted octanol–water partition coefficient (Wildman–Crippen LogP) is 1.87. The van der Waals surface area contributed by atoms with Crippen LogP contribution < -0.4 is 5.32 Å². The lowest BCUT2D eigenvalue weighted by atomic mass is 9.96. The fourth-order valence-corrected chi connectivity index (χ4v) is 2.93. The van der Waals surface area contributed by atoms with E-state index < -0.39 is 11.9 Å². The molecule has 1 aromatic rings. The van der Waals surface area contributed by atoms with E-state index in [1.165, 1.54) is 18.2 Å². The summed E-state index contributed by atoms with van der Waals surface area (Å²) in [5, 5.41) is 12.8. The van der Waals surface area contributed by atoms with Gasteiger partial charge in [0.25, 0.3) is 0 Å². The van der Waals surface area contributed by atoms with Crippen LogP contribution in [0.15, 0.2) is 24.3 Å². The number of halogens is 1. The SMILES string of the molecule is CC(C)C(=O)N1CCCC(C(=O)NCC(O)c2cccc(F)c2)C1. The Labute approximate surface area is 141 Å². The third-order valence-electron chi connectivity index (χ3n) is 4.30. The highest BCUT2D eigenvalue weighted by atomic mass is 19.1. The minimum absolute atomic E-state index is 0.0247. The molecule has 0 spiro atoms. The Morgan fingerprint density at radius 1 is 1.42 bits per heavy atom. The quantitative estimate of drug-likeness (QED) is 0.862. The highest BCUT2D eigenvalue weighted by molar-refractivity contribution is 5.82. The minimum atomic E-state index is -0.957. The Hall–Kier alpha value is -1.95. The molecule has 6 heteroatoms. The number of amides is 2. The van der Waals surface area contributed by atoms with Gasteiger partial charge in [0.05, 0.1) is 12.0 Å². The Kier molecular flexibility index (Phi) is 6.31. The summed E-state index contributed by atoms with van der Waals surface area (Å²) >= 11 is 0. The predicted molar refractivity (Wildman–Crippen MR) is 88.5 cm³/mol. The van der Waals surface area contributed by atoms with E-state index in [9.17, 15) is 19.1 Å². The van der Waals surface area contributed by atoms with Crippen molar-refractivity contribution < 1.29 is 19.1 Å². The summed E-state index contributed by atoms with van der Waals surface area (Å²) in [7, 11) is 0. The number of nitrogens with one attached hydrogen (secondary N) is 1. The van der Waals surface area contributed by atoms with Gasteiger partial charge in [-0.15, -0.1) is 0 Å². The molecule has 0 bridgehead atoms. The van der Waals surface area contributed by atoms with Gasteiger partial charge in [0.2, 0.25) is 11.8 Å². The van der Waals surface area contributed by atoms with Gasteiger partial charge < -0.3 is 15.3 Å². The molecule has 0 saturated carbocycles. The van der Waals surface area contributed by atoms with Crippen molar-refractivity contribution in [2.75, 3.05) is 19.6 Å². The van der Waals surface area contributed by atoms with E-state index in [1.807, 2.05) is 13.8 Å². The average molecular weight is 336 g/mol. The first kappa shape index (κ1) is 18.4. The Morgan fingerprint density at radius 3 is 2.83 bits per heavy atom. The van der Waals surface area contributed by atoms with Crippen LogP contribution in [-0.4, -0.2) is 41.5 Å². The molecule has 0 aliphatic carbocycles. The van der Waals surface area contributed by atoms with E-state index >= 15 is 0 Å². The van der Waals surface area contributed by atoms with Crippen LogP contribution in [0.4, 0.5) is 4.39 Å². The van der Waals surface area contributed by atoms with Crippen molar-refractivity contribution in [2.24, 2.45) is 11.8 Å². The molecule has 132 valence electrons. The summed E-state index contributed by atoms with van der Waals surface area (Å²) in [6.45, 7) is 4.82. The van der Waals surface area contributed by atoms with Gasteiger partial charge in [0.1, 0.15) is 5.82 Å². The third kappa shape index (κ3) is 4.77. The first-order valence-electron chi connectivity index (χ1n) is 8.38. The monoisotopic (exact) mass is 336 g/mol. The van der Waals surface area contributed by atoms with E-state index in [4.69, 9.17) is 0 Å². The molecule has 0 radical (unpaired) electrons. The summed E-state index contributed by atoms with van der Waals surface area (Å²) in [6, 6.07) is 5.69. The number of carbonyl (C=O) groups is 2. The number of piperidine rings is 1. The van der Waals surface area contributed by atoms with Crippen LogP contribution in [0.25, 0.3) is 0 Å². The second kappa shape index (κ2) is 8.24. The van der Waals surface area contributed by atoms with Gasteiger partial charge in [0.15, 0.2) is 0 Å². The zero-order valence-electron chi connectivity index (χ0n) is 14.2. The molecule has 1 heterocycles. The number of likely N-dealkylation sites (tertiary alicyclic amines) is 1. The molecule has 2 atom stereocenters. The molecule has 2 N–H and O–H groups in total. The third-order valence-corrected chi connectivity index (χ3v) is 4.30. The van der Waals surface area contributed by atoms with Crippen molar-refractivity contribution in [2.45, 2.75) is 32.8 Å². The Balaban J connectivity index is 1.86. The van der Waals surface area contributed by atoms with Crippen molar-refractivity contribution in [3.8, 4) is 0 Å². The summed E-state index contributed by atoms with van der Waals surface area (Å²) in [5.41, 5.74) is 0.426. The maximum Gasteiger partial charge on any atom is 0.225 e. The average Bonchev–Trinajstić information content (AvgIpc) is 2.58. The second-order valence-corrected chi connectivity index (χ2v) is 6.59. The van der Waals surface area contributed by atoms with Crippen LogP contribution in [0.3, 0.4) is 0 Å². The van der Waals surface area contributed by atoms with Gasteiger partial charge in [0, 0.05) is 25.6 Å². The molecule has 5 nitrogen and oxygen atoms in total. The zero-order chi connectivity index (χ0) is 17.7. The molecule has 1 fully saturated rings. The maximum atomic E-state index is 13.2. The summed E-state index contributed by atoms with van der Waals surface area (Å²) in [5.74, 6) is -0.880. The molecular weight excluding hydrogens is 311 g/mol. The summed E-state index contributed by atoms with van der Waals surface area (Å²) in [6.07, 6.45) is 0.564. The molecule has 1 aromatic carbocycles. The molecule has 1 saturated heterocycles. The van der Waals surface area contributed by atoms with Crippen molar-refractivity contribution in [3.05, 3.63) is 35.6 Å². The lowest BCUT2D eigenvalue weighted by molar-refractivity contribution is -0.138. The number of hydrogen-bond acceptors (Lipinski definition) is 3. The lowest BCUT2D eigenvalue weighted by Gasteiger charge is -2.33. The standard InChI is InChI=1S/C18H25FN2O3/c1-12(2)18(24)21-8-4-6-14(11-21)17(23)20-10-16(22)13-5-3-7-15(19)9-13/h3,5,7,9,12,14,16,22H,4,6,8,10-11H2,1-2H3,(H,20,23). The lowest BCUT2D eigenvalue weighted by Crippen LogP contribution is -2.47. The van der Waals surface area contributed by atoms with Crippen LogP contribution in [0.2, 0.25) is 0 Å². The summed E-state index contributed by atoms with van der Waals surface area (Å²) in [4.78, 5) is 26.1. The fraction of sp³-hybridized carbons (Fsp3) is 0.556. The molecule has 0 aromatic heterocycles. The number of benzene rings is 1. The number of nitrogens with zero attached hydrogens (tertiary/aromatic N) is 1. The van der Waals surface area contributed by atoms with E-state index in [-0.39, 0.29) is 30.2 Å². The van der Waals surface area contributed by atoms with Gasteiger partial charge in [-0.1, -0.05) is 26.0 Å². The number of carbonyl (C=O) groups excluding carboxylic acids is 2. The van der Waals surface area contributed by atoms with Gasteiger partial charge in [-0.3, -0.25) is 9.59 Å². The van der Waals surface area contributed by atoms with E-state index in [1.54, 1.807) is 11.0 Å². The van der Waals surface area contributed by atoms with Crippen LogP contribution in [0.1, 0.15) is 38.4 Å². The first-order valence-corrected chi connectivity index (χ1v) is 8.38. The van der Waals surface area contributed by atoms with Crippen LogP contribution >= 0.6 is 0 Å². The van der Waals surface area contributed by atoms with Crippen molar-refractivity contribution in [1.29, 1.82) is 0 Å². The molecular formula is C18H25FN2O3. The van der Waals surface area contributed by atoms with Gasteiger partial charge in [-0.2, -0.15) is 0 Å². The maximum absolute atomic E-state index is 13.2. The van der Waals surface area contributed by atoms with E-state index in [0.717, 1.165) is 12.8 Å². The van der Waals surface area contributed by atoms with Gasteiger partial charge in [-0.25, -0.2) is 4.39 Å². The van der Waals surface area contributed by atoms with Crippen LogP contribution in [0, 0.1) is 17.7 Å². The van der Waals surface area contributed by atoms with Crippen molar-refractivity contribution in [3.63, 3.8) is 0 Å². The smallest absolute Gasteiger partial charge is 0.225 e. The molecule has 2 unspecified atom stereocenters. The van der Waals surface area contributed by atoms with Gasteiger partial charge >= 0.3 is 0 Å². The van der Waals surface area contributed by atoms with Crippen LogP contribution in [0.5, 0.6) is 0 Å². The number of hydrogen-bond donors (Lipinski definition) is 2.